The van der Waals surface area contributed by atoms with E-state index < -0.39 is 0 Å². The van der Waals surface area contributed by atoms with Crippen LogP contribution in [0.1, 0.15) is 32.3 Å². The van der Waals surface area contributed by atoms with Crippen LogP contribution in [-0.4, -0.2) is 13.7 Å². The van der Waals surface area contributed by atoms with Gasteiger partial charge in [-0.15, -0.1) is 13.2 Å². The summed E-state index contributed by atoms with van der Waals surface area (Å²) in [5.41, 5.74) is 3.29. The molecule has 0 saturated heterocycles. The third kappa shape index (κ3) is 4.82. The monoisotopic (exact) mass is 286 g/mol. The van der Waals surface area contributed by atoms with Gasteiger partial charge >= 0.3 is 0 Å². The highest BCUT2D eigenvalue weighted by molar-refractivity contribution is 5.35. The zero-order valence-electron chi connectivity index (χ0n) is 13.4. The van der Waals surface area contributed by atoms with Gasteiger partial charge in [-0.1, -0.05) is 29.9 Å². The summed E-state index contributed by atoms with van der Waals surface area (Å²) in [7, 11) is 1.67. The molecule has 114 valence electrons. The SMILES string of the molecule is C=COCC(CC(=C)C)(CC(=C)C)c1ccc(OC)cc1. The molecule has 1 rings (SSSR count). The van der Waals surface area contributed by atoms with Crippen molar-refractivity contribution in [2.24, 2.45) is 0 Å². The summed E-state index contributed by atoms with van der Waals surface area (Å²) in [6, 6.07) is 8.15. The van der Waals surface area contributed by atoms with Crippen LogP contribution >= 0.6 is 0 Å². The van der Waals surface area contributed by atoms with Crippen molar-refractivity contribution in [1.29, 1.82) is 0 Å². The lowest BCUT2D eigenvalue weighted by molar-refractivity contribution is 0.164. The van der Waals surface area contributed by atoms with Crippen LogP contribution in [0, 0.1) is 0 Å². The van der Waals surface area contributed by atoms with E-state index >= 15 is 0 Å². The molecule has 0 spiro atoms. The van der Waals surface area contributed by atoms with Gasteiger partial charge in [0, 0.05) is 5.41 Å². The molecule has 0 atom stereocenters. The van der Waals surface area contributed by atoms with Crippen LogP contribution in [0.25, 0.3) is 0 Å². The van der Waals surface area contributed by atoms with Gasteiger partial charge in [0.2, 0.25) is 0 Å². The summed E-state index contributed by atoms with van der Waals surface area (Å²) >= 11 is 0. The lowest BCUT2D eigenvalue weighted by Crippen LogP contribution is -2.32. The van der Waals surface area contributed by atoms with Crippen molar-refractivity contribution < 1.29 is 9.47 Å². The normalized spacial score (nSPS) is 10.8. The van der Waals surface area contributed by atoms with Crippen LogP contribution in [0.4, 0.5) is 0 Å². The third-order valence-corrected chi connectivity index (χ3v) is 3.46. The minimum absolute atomic E-state index is 0.169. The molecule has 0 amide bonds. The van der Waals surface area contributed by atoms with Crippen LogP contribution in [0.3, 0.4) is 0 Å². The molecule has 1 aromatic rings. The third-order valence-electron chi connectivity index (χ3n) is 3.46. The number of hydrogen-bond donors (Lipinski definition) is 0. The smallest absolute Gasteiger partial charge is 0.118 e. The van der Waals surface area contributed by atoms with Crippen molar-refractivity contribution in [3.05, 3.63) is 67.0 Å². The molecule has 1 aromatic carbocycles. The van der Waals surface area contributed by atoms with E-state index in [0.717, 1.165) is 29.7 Å². The fraction of sp³-hybridized carbons (Fsp3) is 0.368. The highest BCUT2D eigenvalue weighted by Gasteiger charge is 2.33. The molecule has 0 aliphatic carbocycles. The second-order valence-electron chi connectivity index (χ2n) is 5.75. The first kappa shape index (κ1) is 17.1. The molecule has 0 bridgehead atoms. The molecule has 2 heteroatoms. The van der Waals surface area contributed by atoms with E-state index in [9.17, 15) is 0 Å². The van der Waals surface area contributed by atoms with Gasteiger partial charge in [-0.2, -0.15) is 0 Å². The minimum Gasteiger partial charge on any atom is -0.501 e. The molecule has 21 heavy (non-hydrogen) atoms. The number of allylic oxidation sites excluding steroid dienone is 2. The Kier molecular flexibility index (Phi) is 6.29. The van der Waals surface area contributed by atoms with Crippen molar-refractivity contribution in [1.82, 2.24) is 0 Å². The van der Waals surface area contributed by atoms with E-state index in [1.807, 2.05) is 26.0 Å². The molecular formula is C19H26O2. The van der Waals surface area contributed by atoms with Crippen LogP contribution in [0.5, 0.6) is 5.75 Å². The molecule has 0 unspecified atom stereocenters. The summed E-state index contributed by atoms with van der Waals surface area (Å²) in [4.78, 5) is 0. The highest BCUT2D eigenvalue weighted by atomic mass is 16.5. The van der Waals surface area contributed by atoms with E-state index in [1.54, 1.807) is 7.11 Å². The maximum absolute atomic E-state index is 5.56. The summed E-state index contributed by atoms with van der Waals surface area (Å²) in [5, 5.41) is 0. The fourth-order valence-corrected chi connectivity index (χ4v) is 2.77. The maximum Gasteiger partial charge on any atom is 0.118 e. The Hall–Kier alpha value is -1.96. The highest BCUT2D eigenvalue weighted by Crippen LogP contribution is 2.37. The van der Waals surface area contributed by atoms with Crippen LogP contribution in [0.2, 0.25) is 0 Å². The molecule has 2 nitrogen and oxygen atoms in total. The molecule has 0 aliphatic rings. The van der Waals surface area contributed by atoms with E-state index in [4.69, 9.17) is 9.47 Å². The van der Waals surface area contributed by atoms with Crippen molar-refractivity contribution in [2.75, 3.05) is 13.7 Å². The van der Waals surface area contributed by atoms with E-state index in [2.05, 4.69) is 31.9 Å². The van der Waals surface area contributed by atoms with Crippen LogP contribution in [0.15, 0.2) is 61.4 Å². The maximum atomic E-state index is 5.56. The van der Waals surface area contributed by atoms with Gasteiger partial charge in [0.05, 0.1) is 20.0 Å². The molecule has 0 aromatic heterocycles. The van der Waals surface area contributed by atoms with Gasteiger partial charge in [-0.25, -0.2) is 0 Å². The molecule has 0 saturated carbocycles. The molecule has 0 radical (unpaired) electrons. The minimum atomic E-state index is -0.169. The van der Waals surface area contributed by atoms with Gasteiger partial charge < -0.3 is 9.47 Å². The zero-order chi connectivity index (χ0) is 15.9. The number of methoxy groups -OCH3 is 1. The van der Waals surface area contributed by atoms with Crippen LogP contribution < -0.4 is 4.74 Å². The molecule has 0 fully saturated rings. The number of ether oxygens (including phenoxy) is 2. The van der Waals surface area contributed by atoms with E-state index in [1.165, 1.54) is 11.8 Å². The van der Waals surface area contributed by atoms with Crippen molar-refractivity contribution in [2.45, 2.75) is 32.1 Å². The van der Waals surface area contributed by atoms with Crippen molar-refractivity contribution in [3.8, 4) is 5.75 Å². The molecular weight excluding hydrogens is 260 g/mol. The van der Waals surface area contributed by atoms with Gasteiger partial charge in [0.15, 0.2) is 0 Å². The number of rotatable bonds is 9. The molecule has 0 N–H and O–H groups in total. The van der Waals surface area contributed by atoms with Crippen LogP contribution in [-0.2, 0) is 10.2 Å². The Balaban J connectivity index is 3.24. The Morgan fingerprint density at radius 2 is 1.62 bits per heavy atom. The summed E-state index contributed by atoms with van der Waals surface area (Å²) < 4.78 is 10.8. The lowest BCUT2D eigenvalue weighted by Gasteiger charge is -2.34. The summed E-state index contributed by atoms with van der Waals surface area (Å²) in [6.45, 7) is 16.5. The van der Waals surface area contributed by atoms with Gasteiger partial charge in [0.25, 0.3) is 0 Å². The average Bonchev–Trinajstić information content (AvgIpc) is 2.43. The number of hydrogen-bond acceptors (Lipinski definition) is 2. The summed E-state index contributed by atoms with van der Waals surface area (Å²) in [6.07, 6.45) is 3.19. The van der Waals surface area contributed by atoms with E-state index in [-0.39, 0.29) is 5.41 Å². The van der Waals surface area contributed by atoms with Crippen molar-refractivity contribution >= 4 is 0 Å². The van der Waals surface area contributed by atoms with Gasteiger partial charge in [0.1, 0.15) is 5.75 Å². The largest absolute Gasteiger partial charge is 0.501 e. The Morgan fingerprint density at radius 3 is 2.00 bits per heavy atom. The zero-order valence-corrected chi connectivity index (χ0v) is 13.4. The molecule has 0 heterocycles. The van der Waals surface area contributed by atoms with E-state index in [0.29, 0.717) is 6.61 Å². The Labute approximate surface area is 128 Å². The first-order valence-electron chi connectivity index (χ1n) is 7.09. The standard InChI is InChI=1S/C19H26O2/c1-7-21-14-19(12-15(2)3,13-16(4)5)17-8-10-18(20-6)11-9-17/h7-11H,1-2,4,12-14H2,3,5-6H3. The topological polar surface area (TPSA) is 18.5 Å². The first-order chi connectivity index (χ1) is 9.93. The van der Waals surface area contributed by atoms with Gasteiger partial charge in [-0.3, -0.25) is 0 Å². The Morgan fingerprint density at radius 1 is 1.10 bits per heavy atom. The summed E-state index contributed by atoms with van der Waals surface area (Å²) in [5.74, 6) is 0.850. The average molecular weight is 286 g/mol. The number of benzene rings is 1. The first-order valence-corrected chi connectivity index (χ1v) is 7.09. The van der Waals surface area contributed by atoms with Crippen molar-refractivity contribution in [3.63, 3.8) is 0 Å². The molecule has 0 aliphatic heterocycles. The quantitative estimate of drug-likeness (QED) is 0.468. The Bertz CT molecular complexity index is 481. The van der Waals surface area contributed by atoms with Gasteiger partial charge in [-0.05, 0) is 44.4 Å². The second kappa shape index (κ2) is 7.72. The fourth-order valence-electron chi connectivity index (χ4n) is 2.77. The lowest BCUT2D eigenvalue weighted by atomic mass is 9.72. The predicted octanol–water partition coefficient (Wildman–Crippen LogP) is 5.03. The predicted molar refractivity (Wildman–Crippen MR) is 89.7 cm³/mol. The second-order valence-corrected chi connectivity index (χ2v) is 5.75.